The molecule has 3 aliphatic rings. The molecule has 8 heteroatoms. The van der Waals surface area contributed by atoms with Gasteiger partial charge in [-0.2, -0.15) is 17.0 Å². The highest BCUT2D eigenvalue weighted by atomic mass is 32.2. The summed E-state index contributed by atoms with van der Waals surface area (Å²) in [5.41, 5.74) is 0. The molecule has 3 fully saturated rings. The monoisotopic (exact) mass is 335 g/mol. The fourth-order valence-corrected chi connectivity index (χ4v) is 5.91. The van der Waals surface area contributed by atoms with Crippen LogP contribution in [0.1, 0.15) is 25.7 Å². The highest BCUT2D eigenvalue weighted by Crippen LogP contribution is 2.24. The zero-order valence-electron chi connectivity index (χ0n) is 12.4. The van der Waals surface area contributed by atoms with Gasteiger partial charge in [-0.05, 0) is 38.1 Å². The summed E-state index contributed by atoms with van der Waals surface area (Å²) in [6.45, 7) is 3.08. The maximum absolute atomic E-state index is 12.6. The van der Waals surface area contributed by atoms with Crippen molar-refractivity contribution in [2.75, 3.05) is 44.2 Å². The van der Waals surface area contributed by atoms with Gasteiger partial charge in [-0.3, -0.25) is 4.21 Å². The quantitative estimate of drug-likeness (QED) is 0.753. The van der Waals surface area contributed by atoms with E-state index in [1.54, 1.807) is 4.31 Å². The summed E-state index contributed by atoms with van der Waals surface area (Å²) < 4.78 is 39.6. The van der Waals surface area contributed by atoms with Crippen LogP contribution in [-0.2, 0) is 21.0 Å². The lowest BCUT2D eigenvalue weighted by Gasteiger charge is -2.36. The van der Waals surface area contributed by atoms with Crippen molar-refractivity contribution in [3.8, 4) is 0 Å². The Labute approximate surface area is 129 Å². The third-order valence-corrected chi connectivity index (χ3v) is 7.95. The highest BCUT2D eigenvalue weighted by molar-refractivity contribution is 7.87. The lowest BCUT2D eigenvalue weighted by atomic mass is 9.98. The first-order valence-electron chi connectivity index (χ1n) is 7.89. The van der Waals surface area contributed by atoms with Gasteiger partial charge in [0.05, 0.1) is 0 Å². The summed E-state index contributed by atoms with van der Waals surface area (Å²) in [6, 6.07) is 0.723. The third-order valence-electron chi connectivity index (χ3n) is 4.64. The molecular formula is C13H25N3O3S2. The predicted octanol–water partition coefficient (Wildman–Crippen LogP) is -0.240. The number of nitrogens with zero attached hydrogens (tertiary/aromatic N) is 2. The molecular weight excluding hydrogens is 310 g/mol. The zero-order chi connectivity index (χ0) is 14.9. The Morgan fingerprint density at radius 3 is 2.10 bits per heavy atom. The molecule has 0 unspecified atom stereocenters. The van der Waals surface area contributed by atoms with Crippen LogP contribution < -0.4 is 5.32 Å². The lowest BCUT2D eigenvalue weighted by molar-refractivity contribution is 0.250. The number of hydrogen-bond donors (Lipinski definition) is 1. The summed E-state index contributed by atoms with van der Waals surface area (Å²) in [5, 5.41) is 3.54. The molecule has 3 rings (SSSR count). The summed E-state index contributed by atoms with van der Waals surface area (Å²) >= 11 is 0. The molecule has 6 nitrogen and oxygen atoms in total. The average molecular weight is 335 g/mol. The Morgan fingerprint density at radius 2 is 1.52 bits per heavy atom. The number of nitrogens with one attached hydrogen (secondary N) is 1. The van der Waals surface area contributed by atoms with Gasteiger partial charge in [0.2, 0.25) is 0 Å². The SMILES string of the molecule is O=S1CCN(S(=O)(=O)N2CCC(CNC3CC3)CC2)CC1. The first kappa shape index (κ1) is 15.9. The fraction of sp³-hybridized carbons (Fsp3) is 1.00. The maximum atomic E-state index is 12.6. The van der Waals surface area contributed by atoms with Crippen molar-refractivity contribution in [2.45, 2.75) is 31.7 Å². The molecule has 1 aliphatic carbocycles. The van der Waals surface area contributed by atoms with Crippen LogP contribution in [0.4, 0.5) is 0 Å². The normalized spacial score (nSPS) is 28.0. The molecule has 122 valence electrons. The second-order valence-corrected chi connectivity index (χ2v) is 9.90. The molecule has 0 amide bonds. The van der Waals surface area contributed by atoms with Crippen molar-refractivity contribution in [1.82, 2.24) is 13.9 Å². The molecule has 0 radical (unpaired) electrons. The van der Waals surface area contributed by atoms with E-state index >= 15 is 0 Å². The Hall–Kier alpha value is -0.0200. The molecule has 0 aromatic rings. The van der Waals surface area contributed by atoms with Gasteiger partial charge in [0, 0.05) is 54.5 Å². The number of piperidine rings is 1. The van der Waals surface area contributed by atoms with Crippen molar-refractivity contribution >= 4 is 21.0 Å². The molecule has 0 aromatic carbocycles. The van der Waals surface area contributed by atoms with E-state index in [-0.39, 0.29) is 0 Å². The van der Waals surface area contributed by atoms with Crippen LogP contribution in [0, 0.1) is 5.92 Å². The van der Waals surface area contributed by atoms with Crippen LogP contribution in [0.3, 0.4) is 0 Å². The van der Waals surface area contributed by atoms with Crippen molar-refractivity contribution in [2.24, 2.45) is 5.92 Å². The highest BCUT2D eigenvalue weighted by Gasteiger charge is 2.34. The summed E-state index contributed by atoms with van der Waals surface area (Å²) in [6.07, 6.45) is 4.48. The summed E-state index contributed by atoms with van der Waals surface area (Å²) in [7, 11) is -4.18. The van der Waals surface area contributed by atoms with Gasteiger partial charge < -0.3 is 5.32 Å². The number of rotatable bonds is 5. The fourth-order valence-electron chi connectivity index (χ4n) is 2.98. The van der Waals surface area contributed by atoms with Crippen molar-refractivity contribution in [1.29, 1.82) is 0 Å². The van der Waals surface area contributed by atoms with Gasteiger partial charge in [-0.25, -0.2) is 0 Å². The maximum Gasteiger partial charge on any atom is 0.282 e. The van der Waals surface area contributed by atoms with Gasteiger partial charge in [-0.1, -0.05) is 0 Å². The van der Waals surface area contributed by atoms with Gasteiger partial charge in [0.15, 0.2) is 0 Å². The molecule has 0 aromatic heterocycles. The van der Waals surface area contributed by atoms with E-state index in [1.165, 1.54) is 17.1 Å². The summed E-state index contributed by atoms with van der Waals surface area (Å²) in [4.78, 5) is 0. The predicted molar refractivity (Wildman–Crippen MR) is 83.7 cm³/mol. The Bertz CT molecular complexity index is 475. The van der Waals surface area contributed by atoms with E-state index in [2.05, 4.69) is 5.32 Å². The lowest BCUT2D eigenvalue weighted by Crippen LogP contribution is -2.51. The molecule has 1 N–H and O–H groups in total. The molecule has 0 spiro atoms. The standard InChI is InChI=1S/C13H25N3O3S2/c17-20-9-7-16(8-10-20)21(18,19)15-5-3-12(4-6-15)11-14-13-1-2-13/h12-14H,1-11H2. The van der Waals surface area contributed by atoms with Crippen molar-refractivity contribution in [3.63, 3.8) is 0 Å². The second kappa shape index (κ2) is 6.62. The zero-order valence-corrected chi connectivity index (χ0v) is 14.0. The van der Waals surface area contributed by atoms with E-state index in [0.29, 0.717) is 43.6 Å². The topological polar surface area (TPSA) is 69.7 Å². The van der Waals surface area contributed by atoms with E-state index in [1.807, 2.05) is 0 Å². The van der Waals surface area contributed by atoms with Crippen LogP contribution in [0.5, 0.6) is 0 Å². The average Bonchev–Trinajstić information content (AvgIpc) is 3.30. The smallest absolute Gasteiger partial charge is 0.282 e. The minimum atomic E-state index is -3.34. The van der Waals surface area contributed by atoms with Crippen molar-refractivity contribution in [3.05, 3.63) is 0 Å². The van der Waals surface area contributed by atoms with Gasteiger partial charge in [-0.15, -0.1) is 0 Å². The van der Waals surface area contributed by atoms with Gasteiger partial charge >= 0.3 is 0 Å². The first-order valence-corrected chi connectivity index (χ1v) is 10.8. The van der Waals surface area contributed by atoms with Gasteiger partial charge in [0.1, 0.15) is 0 Å². The molecule has 21 heavy (non-hydrogen) atoms. The molecule has 1 saturated carbocycles. The minimum Gasteiger partial charge on any atom is -0.314 e. The minimum absolute atomic E-state index is 0.401. The number of hydrogen-bond acceptors (Lipinski definition) is 4. The van der Waals surface area contributed by atoms with Crippen molar-refractivity contribution < 1.29 is 12.6 Å². The van der Waals surface area contributed by atoms with E-state index in [9.17, 15) is 12.6 Å². The van der Waals surface area contributed by atoms with Crippen LogP contribution >= 0.6 is 0 Å². The Kier molecular flexibility index (Phi) is 5.00. The molecule has 2 saturated heterocycles. The summed E-state index contributed by atoms with van der Waals surface area (Å²) in [5.74, 6) is 1.55. The second-order valence-electron chi connectivity index (χ2n) is 6.28. The van der Waals surface area contributed by atoms with E-state index in [4.69, 9.17) is 0 Å². The third kappa shape index (κ3) is 4.04. The van der Waals surface area contributed by atoms with E-state index < -0.39 is 21.0 Å². The van der Waals surface area contributed by atoms with Gasteiger partial charge in [0.25, 0.3) is 10.2 Å². The van der Waals surface area contributed by atoms with E-state index in [0.717, 1.165) is 25.4 Å². The molecule has 0 bridgehead atoms. The molecule has 0 atom stereocenters. The van der Waals surface area contributed by atoms with Crippen LogP contribution in [-0.4, -0.2) is 71.5 Å². The largest absolute Gasteiger partial charge is 0.314 e. The Morgan fingerprint density at radius 1 is 0.952 bits per heavy atom. The Balaban J connectivity index is 1.49. The molecule has 2 aliphatic heterocycles. The molecule has 2 heterocycles. The van der Waals surface area contributed by atoms with Crippen LogP contribution in [0.25, 0.3) is 0 Å². The first-order chi connectivity index (χ1) is 10.1. The van der Waals surface area contributed by atoms with Crippen LogP contribution in [0.2, 0.25) is 0 Å². The van der Waals surface area contributed by atoms with Crippen LogP contribution in [0.15, 0.2) is 0 Å².